The number of benzene rings is 2. The SMILES string of the molecule is CNS(=O)(=O)c1cccc(C(C)NCc2ccc3c(c2)CC(C)(C)O3)c1. The third kappa shape index (κ3) is 4.09. The fraction of sp³-hybridized carbons (Fsp3) is 0.400. The number of sulfonamides is 1. The summed E-state index contributed by atoms with van der Waals surface area (Å²) in [6, 6.07) is 13.3. The standard InChI is InChI=1S/C20H26N2O3S/c1-14(16-6-5-7-18(11-16)26(23,24)21-4)22-13-15-8-9-19-17(10-15)12-20(2,3)25-19/h5-11,14,21-22H,12-13H2,1-4H3. The Bertz CT molecular complexity index is 907. The number of hydrogen-bond acceptors (Lipinski definition) is 4. The highest BCUT2D eigenvalue weighted by Crippen LogP contribution is 2.35. The van der Waals surface area contributed by atoms with Crippen LogP contribution in [0.4, 0.5) is 0 Å². The van der Waals surface area contributed by atoms with Gasteiger partial charge in [0.2, 0.25) is 10.0 Å². The number of rotatable bonds is 6. The third-order valence-corrected chi connectivity index (χ3v) is 6.09. The first-order valence-electron chi connectivity index (χ1n) is 8.78. The minimum absolute atomic E-state index is 0.0305. The van der Waals surface area contributed by atoms with Crippen LogP contribution in [0.3, 0.4) is 0 Å². The highest BCUT2D eigenvalue weighted by molar-refractivity contribution is 7.89. The van der Waals surface area contributed by atoms with Crippen molar-refractivity contribution >= 4 is 10.0 Å². The van der Waals surface area contributed by atoms with Crippen LogP contribution in [0.5, 0.6) is 5.75 Å². The molecule has 0 fully saturated rings. The molecule has 140 valence electrons. The van der Waals surface area contributed by atoms with E-state index < -0.39 is 10.0 Å². The quantitative estimate of drug-likeness (QED) is 0.815. The summed E-state index contributed by atoms with van der Waals surface area (Å²) in [4.78, 5) is 0.281. The Morgan fingerprint density at radius 3 is 2.69 bits per heavy atom. The molecule has 1 unspecified atom stereocenters. The van der Waals surface area contributed by atoms with Crippen LogP contribution in [0.1, 0.15) is 43.5 Å². The van der Waals surface area contributed by atoms with Gasteiger partial charge in [-0.05, 0) is 62.7 Å². The van der Waals surface area contributed by atoms with Crippen molar-refractivity contribution in [3.63, 3.8) is 0 Å². The zero-order valence-electron chi connectivity index (χ0n) is 15.7. The average molecular weight is 375 g/mol. The van der Waals surface area contributed by atoms with Gasteiger partial charge in [-0.2, -0.15) is 0 Å². The highest BCUT2D eigenvalue weighted by Gasteiger charge is 2.29. The first kappa shape index (κ1) is 18.9. The van der Waals surface area contributed by atoms with E-state index in [2.05, 4.69) is 36.0 Å². The molecule has 5 nitrogen and oxygen atoms in total. The van der Waals surface area contributed by atoms with Gasteiger partial charge in [0.1, 0.15) is 11.4 Å². The predicted molar refractivity (Wildman–Crippen MR) is 103 cm³/mol. The van der Waals surface area contributed by atoms with Gasteiger partial charge in [0.15, 0.2) is 0 Å². The van der Waals surface area contributed by atoms with Crippen molar-refractivity contribution in [2.24, 2.45) is 0 Å². The zero-order chi connectivity index (χ0) is 18.9. The van der Waals surface area contributed by atoms with Crippen LogP contribution in [0.2, 0.25) is 0 Å². The van der Waals surface area contributed by atoms with Crippen LogP contribution >= 0.6 is 0 Å². The Kier molecular flexibility index (Phi) is 5.10. The molecule has 6 heteroatoms. The Hall–Kier alpha value is -1.89. The minimum atomic E-state index is -3.43. The average Bonchev–Trinajstić information content (AvgIpc) is 2.92. The monoisotopic (exact) mass is 374 g/mol. The molecule has 1 aliphatic heterocycles. The molecule has 0 saturated heterocycles. The van der Waals surface area contributed by atoms with E-state index in [9.17, 15) is 8.42 Å². The van der Waals surface area contributed by atoms with E-state index in [1.54, 1.807) is 18.2 Å². The van der Waals surface area contributed by atoms with Crippen molar-refractivity contribution in [2.75, 3.05) is 7.05 Å². The Balaban J connectivity index is 1.69. The summed E-state index contributed by atoms with van der Waals surface area (Å²) < 4.78 is 32.2. The maximum Gasteiger partial charge on any atom is 0.240 e. The molecule has 0 radical (unpaired) electrons. The highest BCUT2D eigenvalue weighted by atomic mass is 32.2. The van der Waals surface area contributed by atoms with E-state index in [4.69, 9.17) is 4.74 Å². The second kappa shape index (κ2) is 7.02. The van der Waals surface area contributed by atoms with E-state index in [1.165, 1.54) is 18.2 Å². The summed E-state index contributed by atoms with van der Waals surface area (Å²) in [7, 11) is -2.01. The molecule has 3 rings (SSSR count). The first-order chi connectivity index (χ1) is 12.2. The lowest BCUT2D eigenvalue weighted by molar-refractivity contribution is 0.138. The van der Waals surface area contributed by atoms with Crippen molar-refractivity contribution in [2.45, 2.75) is 50.3 Å². The molecule has 0 aliphatic carbocycles. The van der Waals surface area contributed by atoms with E-state index >= 15 is 0 Å². The lowest BCUT2D eigenvalue weighted by atomic mass is 10.00. The van der Waals surface area contributed by atoms with E-state index in [0.717, 1.165) is 17.7 Å². The zero-order valence-corrected chi connectivity index (χ0v) is 16.5. The van der Waals surface area contributed by atoms with Gasteiger partial charge in [-0.25, -0.2) is 13.1 Å². The van der Waals surface area contributed by atoms with Crippen LogP contribution in [-0.2, 0) is 23.0 Å². The minimum Gasteiger partial charge on any atom is -0.487 e. The summed E-state index contributed by atoms with van der Waals surface area (Å²) in [6.07, 6.45) is 0.912. The summed E-state index contributed by atoms with van der Waals surface area (Å²) in [5.74, 6) is 0.969. The Morgan fingerprint density at radius 2 is 1.96 bits per heavy atom. The Morgan fingerprint density at radius 1 is 1.19 bits per heavy atom. The van der Waals surface area contributed by atoms with Crippen LogP contribution in [-0.4, -0.2) is 21.1 Å². The number of ether oxygens (including phenoxy) is 1. The van der Waals surface area contributed by atoms with Gasteiger partial charge in [0.25, 0.3) is 0 Å². The van der Waals surface area contributed by atoms with Crippen molar-refractivity contribution in [3.8, 4) is 5.75 Å². The fourth-order valence-corrected chi connectivity index (χ4v) is 4.02. The fourth-order valence-electron chi connectivity index (χ4n) is 3.23. The molecule has 1 atom stereocenters. The van der Waals surface area contributed by atoms with Gasteiger partial charge in [-0.1, -0.05) is 24.3 Å². The molecule has 2 aromatic carbocycles. The van der Waals surface area contributed by atoms with Crippen molar-refractivity contribution in [3.05, 3.63) is 59.2 Å². The maximum absolute atomic E-state index is 12.0. The van der Waals surface area contributed by atoms with Gasteiger partial charge >= 0.3 is 0 Å². The van der Waals surface area contributed by atoms with E-state index in [-0.39, 0.29) is 16.5 Å². The maximum atomic E-state index is 12.0. The predicted octanol–water partition coefficient (Wildman–Crippen LogP) is 3.16. The lowest BCUT2D eigenvalue weighted by Gasteiger charge is -2.16. The van der Waals surface area contributed by atoms with Crippen molar-refractivity contribution in [1.29, 1.82) is 0 Å². The molecule has 26 heavy (non-hydrogen) atoms. The Labute approximate surface area is 155 Å². The summed E-state index contributed by atoms with van der Waals surface area (Å²) in [5, 5.41) is 3.47. The molecule has 0 bridgehead atoms. The lowest BCUT2D eigenvalue weighted by Crippen LogP contribution is -2.24. The second-order valence-electron chi connectivity index (χ2n) is 7.36. The number of nitrogens with one attached hydrogen (secondary N) is 2. The summed E-state index contributed by atoms with van der Waals surface area (Å²) in [6.45, 7) is 6.93. The van der Waals surface area contributed by atoms with Crippen LogP contribution in [0.15, 0.2) is 47.4 Å². The number of fused-ring (bicyclic) bond motifs is 1. The molecule has 0 aromatic heterocycles. The van der Waals surface area contributed by atoms with Crippen molar-refractivity contribution in [1.82, 2.24) is 10.0 Å². The second-order valence-corrected chi connectivity index (χ2v) is 9.25. The smallest absolute Gasteiger partial charge is 0.240 e. The molecule has 1 heterocycles. The van der Waals surface area contributed by atoms with Gasteiger partial charge in [-0.3, -0.25) is 0 Å². The first-order valence-corrected chi connectivity index (χ1v) is 10.3. The van der Waals surface area contributed by atoms with Gasteiger partial charge in [0.05, 0.1) is 4.90 Å². The molecule has 0 amide bonds. The third-order valence-electron chi connectivity index (χ3n) is 4.68. The van der Waals surface area contributed by atoms with E-state index in [0.29, 0.717) is 6.54 Å². The largest absolute Gasteiger partial charge is 0.487 e. The van der Waals surface area contributed by atoms with Gasteiger partial charge < -0.3 is 10.1 Å². The topological polar surface area (TPSA) is 67.4 Å². The molecule has 2 N–H and O–H groups in total. The van der Waals surface area contributed by atoms with Crippen LogP contribution in [0, 0.1) is 0 Å². The molecule has 0 spiro atoms. The van der Waals surface area contributed by atoms with Crippen LogP contribution < -0.4 is 14.8 Å². The molecule has 0 saturated carbocycles. The van der Waals surface area contributed by atoms with E-state index in [1.807, 2.05) is 19.1 Å². The summed E-state index contributed by atoms with van der Waals surface area (Å²) >= 11 is 0. The molecular formula is C20H26N2O3S. The van der Waals surface area contributed by atoms with Gasteiger partial charge in [0, 0.05) is 19.0 Å². The van der Waals surface area contributed by atoms with Crippen molar-refractivity contribution < 1.29 is 13.2 Å². The normalized spacial score (nSPS) is 16.8. The number of hydrogen-bond donors (Lipinski definition) is 2. The molecule has 1 aliphatic rings. The molecular weight excluding hydrogens is 348 g/mol. The summed E-state index contributed by atoms with van der Waals surface area (Å²) in [5.41, 5.74) is 3.23. The molecule has 2 aromatic rings. The van der Waals surface area contributed by atoms with Gasteiger partial charge in [-0.15, -0.1) is 0 Å². The van der Waals surface area contributed by atoms with Crippen LogP contribution in [0.25, 0.3) is 0 Å².